The zero-order valence-corrected chi connectivity index (χ0v) is 7.47. The molecule has 78 valence electrons. The first kappa shape index (κ1) is 10.5. The van der Waals surface area contributed by atoms with Gasteiger partial charge in [-0.25, -0.2) is 9.59 Å². The van der Waals surface area contributed by atoms with E-state index in [9.17, 15) is 9.59 Å². The Morgan fingerprint density at radius 3 is 2.29 bits per heavy atom. The van der Waals surface area contributed by atoms with E-state index < -0.39 is 17.7 Å². The molecule has 0 spiro atoms. The van der Waals surface area contributed by atoms with Crippen LogP contribution in [0.3, 0.4) is 0 Å². The number of hydrogen-bond acceptors (Lipinski definition) is 5. The van der Waals surface area contributed by atoms with Crippen LogP contribution in [0.2, 0.25) is 0 Å². The third-order valence-electron chi connectivity index (χ3n) is 1.76. The largest absolute Gasteiger partial charge is 0.502 e. The first-order valence-electron chi connectivity index (χ1n) is 4.20. The summed E-state index contributed by atoms with van der Waals surface area (Å²) in [7, 11) is 0. The summed E-state index contributed by atoms with van der Waals surface area (Å²) in [4.78, 5) is 25.8. The molecule has 0 aromatic rings. The van der Waals surface area contributed by atoms with Gasteiger partial charge < -0.3 is 15.1 Å². The zero-order chi connectivity index (χ0) is 10.6. The highest BCUT2D eigenvalue weighted by Gasteiger charge is 2.16. The summed E-state index contributed by atoms with van der Waals surface area (Å²) in [6, 6.07) is 0. The third kappa shape index (κ3) is 3.06. The van der Waals surface area contributed by atoms with Crippen molar-refractivity contribution in [2.75, 3.05) is 13.1 Å². The van der Waals surface area contributed by atoms with Crippen LogP contribution in [0.4, 0.5) is 0 Å². The average molecular weight is 201 g/mol. The van der Waals surface area contributed by atoms with Gasteiger partial charge in [0, 0.05) is 13.1 Å². The number of aliphatic carboxylic acids is 1. The number of hydroxylamine groups is 2. The molecule has 2 N–H and O–H groups in total. The molecule has 1 heterocycles. The molecule has 0 atom stereocenters. The van der Waals surface area contributed by atoms with E-state index in [1.54, 1.807) is 0 Å². The highest BCUT2D eigenvalue weighted by atomic mass is 16.7. The Morgan fingerprint density at radius 1 is 1.21 bits per heavy atom. The van der Waals surface area contributed by atoms with Gasteiger partial charge in [-0.05, 0) is 12.8 Å². The Morgan fingerprint density at radius 2 is 1.79 bits per heavy atom. The average Bonchev–Trinajstić information content (AvgIpc) is 2.56. The molecular formula is C8H11NO5. The second kappa shape index (κ2) is 4.61. The Kier molecular flexibility index (Phi) is 3.47. The second-order valence-electron chi connectivity index (χ2n) is 2.88. The molecule has 1 rings (SSSR count). The van der Waals surface area contributed by atoms with Crippen molar-refractivity contribution in [3.63, 3.8) is 0 Å². The van der Waals surface area contributed by atoms with Crippen molar-refractivity contribution in [2.24, 2.45) is 0 Å². The van der Waals surface area contributed by atoms with Gasteiger partial charge in [0.2, 0.25) is 5.76 Å². The topological polar surface area (TPSA) is 87.1 Å². The highest BCUT2D eigenvalue weighted by molar-refractivity contribution is 5.93. The van der Waals surface area contributed by atoms with Crippen LogP contribution in [0, 0.1) is 0 Å². The predicted molar refractivity (Wildman–Crippen MR) is 45.2 cm³/mol. The van der Waals surface area contributed by atoms with E-state index in [0.29, 0.717) is 19.2 Å². The summed E-state index contributed by atoms with van der Waals surface area (Å²) in [5, 5.41) is 18.4. The minimum atomic E-state index is -1.55. The molecule has 1 saturated heterocycles. The van der Waals surface area contributed by atoms with Gasteiger partial charge >= 0.3 is 11.9 Å². The van der Waals surface area contributed by atoms with E-state index in [0.717, 1.165) is 12.8 Å². The van der Waals surface area contributed by atoms with Crippen LogP contribution in [0.15, 0.2) is 11.8 Å². The molecule has 1 aliphatic rings. The zero-order valence-electron chi connectivity index (χ0n) is 7.47. The number of carboxylic acids is 1. The van der Waals surface area contributed by atoms with Gasteiger partial charge in [-0.2, -0.15) is 0 Å². The third-order valence-corrected chi connectivity index (χ3v) is 1.76. The summed E-state index contributed by atoms with van der Waals surface area (Å²) in [6.45, 7) is 1.29. The molecule has 6 heteroatoms. The second-order valence-corrected chi connectivity index (χ2v) is 2.88. The predicted octanol–water partition coefficient (Wildman–Crippen LogP) is 0.0669. The lowest BCUT2D eigenvalue weighted by Gasteiger charge is -2.11. The number of hydrogen-bond donors (Lipinski definition) is 2. The fraction of sp³-hybridized carbons (Fsp3) is 0.500. The Bertz CT molecular complexity index is 267. The molecule has 6 nitrogen and oxygen atoms in total. The van der Waals surface area contributed by atoms with Gasteiger partial charge in [-0.3, -0.25) is 0 Å². The number of carboxylic acid groups (broad SMARTS) is 1. The molecule has 0 bridgehead atoms. The van der Waals surface area contributed by atoms with Gasteiger partial charge in [0.25, 0.3) is 0 Å². The smallest absolute Gasteiger partial charge is 0.371 e. The van der Waals surface area contributed by atoms with Gasteiger partial charge in [0.15, 0.2) is 0 Å². The van der Waals surface area contributed by atoms with Crippen molar-refractivity contribution in [3.8, 4) is 0 Å². The fourth-order valence-electron chi connectivity index (χ4n) is 1.11. The van der Waals surface area contributed by atoms with Crippen LogP contribution < -0.4 is 0 Å². The minimum Gasteiger partial charge on any atom is -0.502 e. The van der Waals surface area contributed by atoms with E-state index in [1.807, 2.05) is 0 Å². The van der Waals surface area contributed by atoms with Gasteiger partial charge in [0.1, 0.15) is 0 Å². The Balaban J connectivity index is 2.41. The molecule has 0 amide bonds. The Labute approximate surface area is 80.3 Å². The van der Waals surface area contributed by atoms with E-state index >= 15 is 0 Å². The normalized spacial score (nSPS) is 18.1. The molecule has 14 heavy (non-hydrogen) atoms. The molecule has 1 aliphatic heterocycles. The first-order chi connectivity index (χ1) is 6.59. The quantitative estimate of drug-likeness (QED) is 0.496. The SMILES string of the molecule is O=C(/C=C(/O)C(=O)O)ON1CCCC1. The van der Waals surface area contributed by atoms with E-state index in [4.69, 9.17) is 15.1 Å². The first-order valence-corrected chi connectivity index (χ1v) is 4.20. The fourth-order valence-corrected chi connectivity index (χ4v) is 1.11. The van der Waals surface area contributed by atoms with Crippen LogP contribution in [0.25, 0.3) is 0 Å². The van der Waals surface area contributed by atoms with Crippen LogP contribution in [-0.2, 0) is 14.4 Å². The molecule has 0 aromatic heterocycles. The maximum atomic E-state index is 11.0. The molecule has 0 radical (unpaired) electrons. The highest BCUT2D eigenvalue weighted by Crippen LogP contribution is 2.07. The maximum absolute atomic E-state index is 11.0. The summed E-state index contributed by atoms with van der Waals surface area (Å²) in [6.07, 6.45) is 2.43. The number of rotatable bonds is 3. The van der Waals surface area contributed by atoms with Crippen LogP contribution in [0.1, 0.15) is 12.8 Å². The molecule has 0 aliphatic carbocycles. The molecule has 0 unspecified atom stereocenters. The number of aliphatic hydroxyl groups excluding tert-OH is 1. The number of carbonyl (C=O) groups is 2. The minimum absolute atomic E-state index is 0.542. The molecule has 0 saturated carbocycles. The van der Waals surface area contributed by atoms with Gasteiger partial charge in [-0.1, -0.05) is 0 Å². The summed E-state index contributed by atoms with van der Waals surface area (Å²) in [5.74, 6) is -3.44. The number of aliphatic hydroxyl groups is 1. The molecular weight excluding hydrogens is 190 g/mol. The number of carbonyl (C=O) groups excluding carboxylic acids is 1. The van der Waals surface area contributed by atoms with Crippen LogP contribution in [-0.4, -0.2) is 40.3 Å². The summed E-state index contributed by atoms with van der Waals surface area (Å²) < 4.78 is 0. The van der Waals surface area contributed by atoms with Gasteiger partial charge in [0.05, 0.1) is 6.08 Å². The van der Waals surface area contributed by atoms with Crippen molar-refractivity contribution >= 4 is 11.9 Å². The van der Waals surface area contributed by atoms with E-state index in [1.165, 1.54) is 5.06 Å². The monoisotopic (exact) mass is 201 g/mol. The van der Waals surface area contributed by atoms with Crippen LogP contribution in [0.5, 0.6) is 0 Å². The van der Waals surface area contributed by atoms with Crippen molar-refractivity contribution in [1.29, 1.82) is 0 Å². The lowest BCUT2D eigenvalue weighted by Crippen LogP contribution is -2.23. The number of nitrogens with zero attached hydrogens (tertiary/aromatic N) is 1. The van der Waals surface area contributed by atoms with Crippen LogP contribution >= 0.6 is 0 Å². The summed E-state index contributed by atoms with van der Waals surface area (Å²) >= 11 is 0. The lowest BCUT2D eigenvalue weighted by molar-refractivity contribution is -0.179. The van der Waals surface area contributed by atoms with Crippen molar-refractivity contribution in [1.82, 2.24) is 5.06 Å². The summed E-state index contributed by atoms with van der Waals surface area (Å²) in [5.41, 5.74) is 0. The molecule has 0 aromatic carbocycles. The standard InChI is InChI=1S/C8H11NO5/c10-6(8(12)13)5-7(11)14-9-3-1-2-4-9/h5,10H,1-4H2,(H,12,13)/b6-5+. The van der Waals surface area contributed by atoms with Crippen molar-refractivity contribution in [3.05, 3.63) is 11.8 Å². The van der Waals surface area contributed by atoms with Crippen molar-refractivity contribution < 1.29 is 24.6 Å². The maximum Gasteiger partial charge on any atom is 0.371 e. The Hall–Kier alpha value is -1.56. The van der Waals surface area contributed by atoms with E-state index in [2.05, 4.69) is 0 Å². The van der Waals surface area contributed by atoms with E-state index in [-0.39, 0.29) is 0 Å². The molecule has 1 fully saturated rings. The lowest BCUT2D eigenvalue weighted by atomic mass is 10.4. The van der Waals surface area contributed by atoms with Crippen molar-refractivity contribution in [2.45, 2.75) is 12.8 Å². The van der Waals surface area contributed by atoms with Gasteiger partial charge in [-0.15, -0.1) is 5.06 Å².